The number of tetrazole rings is 1. The fourth-order valence-corrected chi connectivity index (χ4v) is 3.72. The van der Waals surface area contributed by atoms with Crippen LogP contribution in [0.25, 0.3) is 11.4 Å². The van der Waals surface area contributed by atoms with Gasteiger partial charge < -0.3 is 14.6 Å². The number of halogens is 4. The molecule has 2 aromatic carbocycles. The van der Waals surface area contributed by atoms with Crippen LogP contribution in [0, 0.1) is 5.92 Å². The number of phenols is 1. The third-order valence-electron chi connectivity index (χ3n) is 4.92. The molecule has 1 heterocycles. The molecule has 0 aliphatic rings. The second-order valence-electron chi connectivity index (χ2n) is 8.14. The number of Topliss-reactive ketones (excluding diaryl/α,β-unsaturated/α-hetero) is 1. The largest absolute Gasteiger partial charge is 0.506 e. The fourth-order valence-electron chi connectivity index (χ4n) is 3.26. The van der Waals surface area contributed by atoms with Crippen molar-refractivity contribution in [2.75, 3.05) is 13.2 Å². The summed E-state index contributed by atoms with van der Waals surface area (Å²) in [4.78, 5) is 12.2. The summed E-state index contributed by atoms with van der Waals surface area (Å²) in [6, 6.07) is 6.70. The molecule has 0 atom stereocenters. The van der Waals surface area contributed by atoms with Crippen LogP contribution in [0.4, 0.5) is 13.2 Å². The summed E-state index contributed by atoms with van der Waals surface area (Å²) in [5, 5.41) is 23.0. The topological polar surface area (TPSA) is 110 Å². The van der Waals surface area contributed by atoms with Crippen LogP contribution in [0.1, 0.15) is 49.0 Å². The second-order valence-corrected chi connectivity index (χ2v) is 8.93. The molecule has 0 unspecified atom stereocenters. The number of phenolic OH excluding ortho intramolecular Hbond substituents is 1. The zero-order chi connectivity index (χ0) is 25.6. The Morgan fingerprint density at radius 1 is 1.14 bits per heavy atom. The average molecular weight is 557 g/mol. The van der Waals surface area contributed by atoms with Gasteiger partial charge in [-0.15, -0.1) is 10.2 Å². The van der Waals surface area contributed by atoms with E-state index in [0.717, 1.165) is 6.07 Å². The Kier molecular flexibility index (Phi) is 8.71. The lowest BCUT2D eigenvalue weighted by Gasteiger charge is -2.14. The number of hydrogen-bond donors (Lipinski definition) is 2. The van der Waals surface area contributed by atoms with Crippen molar-refractivity contribution in [2.45, 2.75) is 39.3 Å². The van der Waals surface area contributed by atoms with E-state index in [1.54, 1.807) is 6.07 Å². The Labute approximate surface area is 208 Å². The van der Waals surface area contributed by atoms with Crippen molar-refractivity contribution in [2.24, 2.45) is 5.92 Å². The summed E-state index contributed by atoms with van der Waals surface area (Å²) in [7, 11) is 0. The number of H-pyrrole nitrogens is 1. The van der Waals surface area contributed by atoms with Crippen LogP contribution in [0.3, 0.4) is 0 Å². The van der Waals surface area contributed by atoms with E-state index in [-0.39, 0.29) is 53.4 Å². The van der Waals surface area contributed by atoms with Gasteiger partial charge >= 0.3 is 6.18 Å². The lowest BCUT2D eigenvalue weighted by molar-refractivity contribution is -0.137. The third-order valence-corrected chi connectivity index (χ3v) is 5.69. The van der Waals surface area contributed by atoms with Crippen LogP contribution in [0.15, 0.2) is 34.8 Å². The van der Waals surface area contributed by atoms with Crippen LogP contribution < -0.4 is 9.47 Å². The Morgan fingerprint density at radius 2 is 1.86 bits per heavy atom. The number of aromatic nitrogens is 4. The van der Waals surface area contributed by atoms with Gasteiger partial charge in [0.25, 0.3) is 0 Å². The summed E-state index contributed by atoms with van der Waals surface area (Å²) < 4.78 is 51.8. The first-order valence-electron chi connectivity index (χ1n) is 10.8. The molecule has 3 rings (SSSR count). The van der Waals surface area contributed by atoms with E-state index in [0.29, 0.717) is 29.5 Å². The van der Waals surface area contributed by atoms with Crippen molar-refractivity contribution in [3.8, 4) is 28.6 Å². The molecule has 1 aromatic heterocycles. The van der Waals surface area contributed by atoms with Crippen molar-refractivity contribution < 1.29 is 32.5 Å². The van der Waals surface area contributed by atoms with Gasteiger partial charge in [0, 0.05) is 12.0 Å². The molecule has 0 fully saturated rings. The van der Waals surface area contributed by atoms with Crippen molar-refractivity contribution in [3.63, 3.8) is 0 Å². The maximum atomic E-state index is 13.5. The number of rotatable bonds is 11. The lowest BCUT2D eigenvalue weighted by atomic mass is 10.0. The predicted molar refractivity (Wildman–Crippen MR) is 124 cm³/mol. The Bertz CT molecular complexity index is 1150. The van der Waals surface area contributed by atoms with Crippen LogP contribution in [-0.2, 0) is 6.18 Å². The van der Waals surface area contributed by atoms with Crippen LogP contribution in [0.5, 0.6) is 17.2 Å². The van der Waals surface area contributed by atoms with Gasteiger partial charge in [0.2, 0.25) is 5.82 Å². The molecule has 35 heavy (non-hydrogen) atoms. The standard InChI is InChI=1S/C23H24BrF3N4O4/c1-13(2)11-18(32)16-7-8-19(20(24)21(16)33)35-10-4-3-9-34-14-5-6-15(22-28-30-31-29-22)17(12-14)23(25,26)27/h5-8,12-13,33H,3-4,9-11H2,1-2H3,(H,28,29,30,31). The minimum Gasteiger partial charge on any atom is -0.506 e. The number of aromatic hydroxyl groups is 1. The first kappa shape index (κ1) is 26.5. The number of alkyl halides is 3. The lowest BCUT2D eigenvalue weighted by Crippen LogP contribution is -2.09. The Morgan fingerprint density at radius 3 is 2.49 bits per heavy atom. The smallest absolute Gasteiger partial charge is 0.417 e. The normalized spacial score (nSPS) is 11.6. The van der Waals surface area contributed by atoms with E-state index >= 15 is 0 Å². The monoisotopic (exact) mass is 556 g/mol. The van der Waals surface area contributed by atoms with Gasteiger partial charge in [-0.3, -0.25) is 4.79 Å². The van der Waals surface area contributed by atoms with Gasteiger partial charge in [0.1, 0.15) is 21.7 Å². The molecule has 3 aromatic rings. The summed E-state index contributed by atoms with van der Waals surface area (Å²) in [6.07, 6.45) is -3.22. The van der Waals surface area contributed by atoms with Crippen molar-refractivity contribution in [1.29, 1.82) is 0 Å². The molecular weight excluding hydrogens is 533 g/mol. The number of nitrogens with one attached hydrogen (secondary N) is 1. The maximum Gasteiger partial charge on any atom is 0.417 e. The molecule has 188 valence electrons. The number of ketones is 1. The molecule has 12 heteroatoms. The molecule has 0 saturated heterocycles. The first-order valence-corrected chi connectivity index (χ1v) is 11.6. The van der Waals surface area contributed by atoms with Crippen molar-refractivity contribution >= 4 is 21.7 Å². The molecule has 0 radical (unpaired) electrons. The van der Waals surface area contributed by atoms with Crippen molar-refractivity contribution in [3.05, 3.63) is 45.9 Å². The summed E-state index contributed by atoms with van der Waals surface area (Å²) >= 11 is 3.26. The molecule has 0 saturated carbocycles. The number of ether oxygens (including phenoxy) is 2. The minimum absolute atomic E-state index is 0.0693. The summed E-state index contributed by atoms with van der Waals surface area (Å²) in [6.45, 7) is 4.31. The number of carbonyl (C=O) groups is 1. The third kappa shape index (κ3) is 6.93. The molecule has 2 N–H and O–H groups in total. The number of benzene rings is 2. The summed E-state index contributed by atoms with van der Waals surface area (Å²) in [5.41, 5.74) is -0.882. The van der Waals surface area contributed by atoms with E-state index in [1.165, 1.54) is 18.2 Å². The van der Waals surface area contributed by atoms with Gasteiger partial charge in [0.05, 0.1) is 24.3 Å². The quantitative estimate of drug-likeness (QED) is 0.226. The SMILES string of the molecule is CC(C)CC(=O)c1ccc(OCCCCOc2ccc(-c3nn[nH]n3)c(C(F)(F)F)c2)c(Br)c1O. The van der Waals surface area contributed by atoms with Crippen LogP contribution in [-0.4, -0.2) is 44.7 Å². The van der Waals surface area contributed by atoms with Crippen LogP contribution >= 0.6 is 15.9 Å². The highest BCUT2D eigenvalue weighted by Crippen LogP contribution is 2.39. The number of hydrogen-bond acceptors (Lipinski definition) is 7. The number of nitrogens with zero attached hydrogens (tertiary/aromatic N) is 3. The highest BCUT2D eigenvalue weighted by Gasteiger charge is 2.35. The van der Waals surface area contributed by atoms with Gasteiger partial charge in [-0.1, -0.05) is 13.8 Å². The zero-order valence-corrected chi connectivity index (χ0v) is 20.6. The van der Waals surface area contributed by atoms with Crippen molar-refractivity contribution in [1.82, 2.24) is 20.6 Å². The molecular formula is C23H24BrF3N4O4. The Hall–Kier alpha value is -3.15. The second kappa shape index (κ2) is 11.5. The zero-order valence-electron chi connectivity index (χ0n) is 19.0. The minimum atomic E-state index is -4.61. The van der Waals surface area contributed by atoms with E-state index in [9.17, 15) is 23.1 Å². The van der Waals surface area contributed by atoms with Gasteiger partial charge in [-0.2, -0.15) is 18.4 Å². The number of unbranched alkanes of at least 4 members (excludes halogenated alkanes) is 1. The van der Waals surface area contributed by atoms with E-state index in [2.05, 4.69) is 36.6 Å². The highest BCUT2D eigenvalue weighted by molar-refractivity contribution is 9.10. The molecule has 0 aliphatic carbocycles. The van der Waals surface area contributed by atoms with E-state index < -0.39 is 11.7 Å². The van der Waals surface area contributed by atoms with E-state index in [1.807, 2.05) is 13.8 Å². The number of carbonyl (C=O) groups excluding carboxylic acids is 1. The predicted octanol–water partition coefficient (Wildman–Crippen LogP) is 5.82. The van der Waals surface area contributed by atoms with E-state index in [4.69, 9.17) is 9.47 Å². The first-order chi connectivity index (χ1) is 16.6. The summed E-state index contributed by atoms with van der Waals surface area (Å²) in [5.74, 6) is 0.149. The number of aromatic amines is 1. The average Bonchev–Trinajstić information content (AvgIpc) is 3.32. The molecule has 0 amide bonds. The molecule has 0 aliphatic heterocycles. The maximum absolute atomic E-state index is 13.5. The fraction of sp³-hybridized carbons (Fsp3) is 0.391. The highest BCUT2D eigenvalue weighted by atomic mass is 79.9. The van der Waals surface area contributed by atoms with Gasteiger partial charge in [-0.25, -0.2) is 0 Å². The molecule has 0 spiro atoms. The Balaban J connectivity index is 1.51. The van der Waals surface area contributed by atoms with Crippen LogP contribution in [0.2, 0.25) is 0 Å². The molecule has 0 bridgehead atoms. The van der Waals surface area contributed by atoms with Gasteiger partial charge in [0.15, 0.2) is 5.78 Å². The van der Waals surface area contributed by atoms with Gasteiger partial charge in [-0.05, 0) is 70.2 Å². The molecule has 8 nitrogen and oxygen atoms in total.